The van der Waals surface area contributed by atoms with Crippen LogP contribution in [0.4, 0.5) is 11.4 Å². The van der Waals surface area contributed by atoms with E-state index in [0.29, 0.717) is 5.69 Å². The van der Waals surface area contributed by atoms with E-state index >= 15 is 0 Å². The number of imide groups is 1. The Morgan fingerprint density at radius 3 is 2.68 bits per heavy atom. The number of halogens is 1. The average molecular weight is 480 g/mol. The van der Waals surface area contributed by atoms with Gasteiger partial charge in [0.1, 0.15) is 5.54 Å². The number of anilines is 2. The van der Waals surface area contributed by atoms with E-state index in [1.165, 1.54) is 4.90 Å². The highest BCUT2D eigenvalue weighted by Crippen LogP contribution is 2.61. The van der Waals surface area contributed by atoms with Crippen molar-refractivity contribution in [2.24, 2.45) is 11.8 Å². The Bertz CT molecular complexity index is 1190. The van der Waals surface area contributed by atoms with E-state index < -0.39 is 17.4 Å². The average Bonchev–Trinajstić information content (AvgIpc) is 3.43. The molecular weight excluding hydrogens is 458 g/mol. The predicted octanol–water partition coefficient (Wildman–Crippen LogP) is 3.50. The van der Waals surface area contributed by atoms with Crippen molar-refractivity contribution >= 4 is 45.0 Å². The third-order valence-corrected chi connectivity index (χ3v) is 8.26. The number of carbonyl (C=O) groups excluding carboxylic acids is 3. The minimum Gasteiger partial charge on any atom is -0.324 e. The van der Waals surface area contributed by atoms with E-state index in [0.717, 1.165) is 46.2 Å². The van der Waals surface area contributed by atoms with Gasteiger partial charge in [0.05, 0.1) is 17.5 Å². The molecule has 2 aromatic rings. The Morgan fingerprint density at radius 1 is 1.10 bits per heavy atom. The smallest absolute Gasteiger partial charge is 0.250 e. The first kappa shape index (κ1) is 19.2. The highest BCUT2D eigenvalue weighted by Gasteiger charge is 2.74. The fraction of sp³-hybridized carbons (Fsp3) is 0.375. The third kappa shape index (κ3) is 2.18. The Balaban J connectivity index is 1.57. The lowest BCUT2D eigenvalue weighted by molar-refractivity contribution is -0.135. The molecule has 4 heterocycles. The number of benzene rings is 2. The number of fused-ring (bicyclic) bond motifs is 7. The Hall–Kier alpha value is -2.51. The normalized spacial score (nSPS) is 31.4. The molecule has 0 bridgehead atoms. The lowest BCUT2D eigenvalue weighted by Crippen LogP contribution is -2.54. The van der Waals surface area contributed by atoms with E-state index in [1.807, 2.05) is 38.1 Å². The van der Waals surface area contributed by atoms with Gasteiger partial charge in [0.2, 0.25) is 17.7 Å². The molecule has 0 saturated carbocycles. The molecule has 0 aliphatic carbocycles. The van der Waals surface area contributed by atoms with Crippen molar-refractivity contribution in [1.82, 2.24) is 4.90 Å². The van der Waals surface area contributed by atoms with E-state index in [-0.39, 0.29) is 23.8 Å². The van der Waals surface area contributed by atoms with Gasteiger partial charge in [-0.05, 0) is 62.6 Å². The number of hydrogen-bond acceptors (Lipinski definition) is 4. The molecule has 4 atom stereocenters. The Morgan fingerprint density at radius 2 is 1.90 bits per heavy atom. The summed E-state index contributed by atoms with van der Waals surface area (Å²) < 4.78 is 0.801. The van der Waals surface area contributed by atoms with Gasteiger partial charge in [-0.1, -0.05) is 34.1 Å². The predicted molar refractivity (Wildman–Crippen MR) is 120 cm³/mol. The van der Waals surface area contributed by atoms with E-state index in [1.54, 1.807) is 12.1 Å². The number of carbonyl (C=O) groups is 3. The van der Waals surface area contributed by atoms with Crippen LogP contribution in [0.25, 0.3) is 0 Å². The summed E-state index contributed by atoms with van der Waals surface area (Å²) in [5.41, 5.74) is 3.19. The van der Waals surface area contributed by atoms with Crippen LogP contribution in [0.3, 0.4) is 0 Å². The van der Waals surface area contributed by atoms with Gasteiger partial charge < -0.3 is 5.32 Å². The fourth-order valence-corrected chi connectivity index (χ4v) is 6.78. The number of hydrogen-bond donors (Lipinski definition) is 1. The van der Waals surface area contributed by atoms with Crippen LogP contribution in [0.5, 0.6) is 0 Å². The van der Waals surface area contributed by atoms with E-state index in [2.05, 4.69) is 26.1 Å². The standard InChI is InChI=1S/C24H22BrN3O3/c1-12-8-9-16-20(13(12)2)26-23(31)24(16)19-18(17-7-4-10-27(17)24)21(29)28(22(19)30)15-6-3-5-14(25)11-15/h3,5-6,8-9,11,17-19H,4,7,10H2,1-2H3,(H,26,31)/t17-,18-,19-,24+/m1/s1. The number of aryl methyl sites for hydroxylation is 1. The maximum absolute atomic E-state index is 13.9. The second-order valence-electron chi connectivity index (χ2n) is 9.05. The second kappa shape index (κ2) is 6.26. The van der Waals surface area contributed by atoms with Gasteiger partial charge in [-0.3, -0.25) is 19.3 Å². The molecule has 0 aromatic heterocycles. The Labute approximate surface area is 188 Å². The number of nitrogens with zero attached hydrogens (tertiary/aromatic N) is 2. The van der Waals surface area contributed by atoms with E-state index in [9.17, 15) is 14.4 Å². The molecule has 3 saturated heterocycles. The number of amides is 3. The summed E-state index contributed by atoms with van der Waals surface area (Å²) in [4.78, 5) is 44.7. The molecule has 6 nitrogen and oxygen atoms in total. The summed E-state index contributed by atoms with van der Waals surface area (Å²) in [6.45, 7) is 4.73. The van der Waals surface area contributed by atoms with Crippen LogP contribution in [0.1, 0.15) is 29.5 Å². The van der Waals surface area contributed by atoms with Crippen LogP contribution in [0, 0.1) is 25.7 Å². The van der Waals surface area contributed by atoms with Gasteiger partial charge in [-0.15, -0.1) is 0 Å². The molecule has 6 rings (SSSR count). The SMILES string of the molecule is Cc1ccc2c(c1C)NC(=O)[C@@]21[C@H]2C(=O)N(c3cccc(Br)c3)C(=O)[C@@H]2[C@H]2CCCN21. The van der Waals surface area contributed by atoms with Crippen molar-refractivity contribution in [3.63, 3.8) is 0 Å². The van der Waals surface area contributed by atoms with Gasteiger partial charge in [0.25, 0.3) is 0 Å². The van der Waals surface area contributed by atoms with Gasteiger partial charge >= 0.3 is 0 Å². The quantitative estimate of drug-likeness (QED) is 0.635. The van der Waals surface area contributed by atoms with Crippen molar-refractivity contribution in [2.45, 2.75) is 38.3 Å². The highest BCUT2D eigenvalue weighted by molar-refractivity contribution is 9.10. The lowest BCUT2D eigenvalue weighted by atomic mass is 9.75. The molecule has 0 unspecified atom stereocenters. The molecule has 7 heteroatoms. The maximum atomic E-state index is 13.9. The summed E-state index contributed by atoms with van der Waals surface area (Å²) in [7, 11) is 0. The summed E-state index contributed by atoms with van der Waals surface area (Å²) in [5, 5.41) is 3.09. The third-order valence-electron chi connectivity index (χ3n) is 7.77. The van der Waals surface area contributed by atoms with Crippen LogP contribution in [-0.2, 0) is 19.9 Å². The van der Waals surface area contributed by atoms with Gasteiger partial charge in [0, 0.05) is 21.8 Å². The Kier molecular flexibility index (Phi) is 3.88. The summed E-state index contributed by atoms with van der Waals surface area (Å²) in [5.74, 6) is -1.86. The molecule has 3 fully saturated rings. The zero-order chi connectivity index (χ0) is 21.7. The first-order chi connectivity index (χ1) is 14.9. The van der Waals surface area contributed by atoms with Gasteiger partial charge in [-0.2, -0.15) is 0 Å². The maximum Gasteiger partial charge on any atom is 0.250 e. The monoisotopic (exact) mass is 479 g/mol. The molecule has 1 spiro atoms. The summed E-state index contributed by atoms with van der Waals surface area (Å²) >= 11 is 3.44. The van der Waals surface area contributed by atoms with Gasteiger partial charge in [-0.25, -0.2) is 4.90 Å². The second-order valence-corrected chi connectivity index (χ2v) is 9.96. The minimum absolute atomic E-state index is 0.100. The lowest BCUT2D eigenvalue weighted by Gasteiger charge is -2.36. The minimum atomic E-state index is -1.12. The molecular formula is C24H22BrN3O3. The first-order valence-electron chi connectivity index (χ1n) is 10.7. The zero-order valence-electron chi connectivity index (χ0n) is 17.3. The van der Waals surface area contributed by atoms with E-state index in [4.69, 9.17) is 0 Å². The van der Waals surface area contributed by atoms with Crippen LogP contribution < -0.4 is 10.2 Å². The summed E-state index contributed by atoms with van der Waals surface area (Å²) in [6, 6.07) is 11.1. The first-order valence-corrected chi connectivity index (χ1v) is 11.5. The topological polar surface area (TPSA) is 69.7 Å². The molecule has 0 radical (unpaired) electrons. The van der Waals surface area contributed by atoms with Crippen LogP contribution in [0.2, 0.25) is 0 Å². The van der Waals surface area contributed by atoms with Crippen LogP contribution in [0.15, 0.2) is 40.9 Å². The molecule has 1 N–H and O–H groups in total. The van der Waals surface area contributed by atoms with Gasteiger partial charge in [0.15, 0.2) is 0 Å². The zero-order valence-corrected chi connectivity index (χ0v) is 18.9. The molecule has 4 aliphatic rings. The van der Waals surface area contributed by atoms with Crippen molar-refractivity contribution in [3.05, 3.63) is 57.6 Å². The van der Waals surface area contributed by atoms with Crippen molar-refractivity contribution < 1.29 is 14.4 Å². The van der Waals surface area contributed by atoms with Crippen molar-refractivity contribution in [3.8, 4) is 0 Å². The molecule has 3 amide bonds. The summed E-state index contributed by atoms with van der Waals surface area (Å²) in [6.07, 6.45) is 1.74. The highest BCUT2D eigenvalue weighted by atomic mass is 79.9. The largest absolute Gasteiger partial charge is 0.324 e. The van der Waals surface area contributed by atoms with Crippen LogP contribution >= 0.6 is 15.9 Å². The van der Waals surface area contributed by atoms with Crippen molar-refractivity contribution in [1.29, 1.82) is 0 Å². The fourth-order valence-electron chi connectivity index (χ4n) is 6.39. The molecule has 31 heavy (non-hydrogen) atoms. The molecule has 4 aliphatic heterocycles. The molecule has 2 aromatic carbocycles. The molecule has 158 valence electrons. The van der Waals surface area contributed by atoms with Crippen LogP contribution in [-0.4, -0.2) is 35.2 Å². The number of rotatable bonds is 1. The number of nitrogens with one attached hydrogen (secondary N) is 1. The van der Waals surface area contributed by atoms with Crippen molar-refractivity contribution in [2.75, 3.05) is 16.8 Å².